The Kier molecular flexibility index (Phi) is 3.10. The highest BCUT2D eigenvalue weighted by Crippen LogP contribution is 2.29. The molecule has 3 rings (SSSR count). The third-order valence-electron chi connectivity index (χ3n) is 4.08. The molecule has 2 heterocycles. The van der Waals surface area contributed by atoms with Gasteiger partial charge in [0.1, 0.15) is 0 Å². The van der Waals surface area contributed by atoms with E-state index in [1.807, 2.05) is 0 Å². The second-order valence-electron chi connectivity index (χ2n) is 5.41. The van der Waals surface area contributed by atoms with Gasteiger partial charge in [0.2, 0.25) is 0 Å². The van der Waals surface area contributed by atoms with E-state index in [1.165, 1.54) is 22.9 Å². The fourth-order valence-electron chi connectivity index (χ4n) is 3.07. The fourth-order valence-corrected chi connectivity index (χ4v) is 3.07. The van der Waals surface area contributed by atoms with Crippen LogP contribution in [-0.4, -0.2) is 17.7 Å². The maximum absolute atomic E-state index is 6.41. The van der Waals surface area contributed by atoms with Crippen LogP contribution in [0.2, 0.25) is 0 Å². The first-order chi connectivity index (χ1) is 8.75. The maximum Gasteiger partial charge on any atom is 0.0481 e. The number of fused-ring (bicyclic) bond motifs is 1. The molecule has 96 valence electrons. The van der Waals surface area contributed by atoms with E-state index in [0.717, 1.165) is 25.4 Å². The van der Waals surface area contributed by atoms with Gasteiger partial charge in [-0.25, -0.2) is 0 Å². The molecule has 1 aromatic heterocycles. The molecule has 18 heavy (non-hydrogen) atoms. The van der Waals surface area contributed by atoms with E-state index in [0.29, 0.717) is 0 Å². The Balaban J connectivity index is 1.88. The van der Waals surface area contributed by atoms with Gasteiger partial charge in [0, 0.05) is 30.2 Å². The van der Waals surface area contributed by atoms with E-state index < -0.39 is 0 Å². The van der Waals surface area contributed by atoms with Crippen LogP contribution in [0.15, 0.2) is 30.5 Å². The summed E-state index contributed by atoms with van der Waals surface area (Å²) in [5.41, 5.74) is 8.98. The zero-order chi connectivity index (χ0) is 12.5. The molecule has 3 N–H and O–H groups in total. The van der Waals surface area contributed by atoms with Crippen molar-refractivity contribution in [2.45, 2.75) is 18.9 Å². The highest BCUT2D eigenvalue weighted by Gasteiger charge is 2.20. The summed E-state index contributed by atoms with van der Waals surface area (Å²) >= 11 is 0. The zero-order valence-electron chi connectivity index (χ0n) is 10.9. The van der Waals surface area contributed by atoms with Crippen molar-refractivity contribution in [3.05, 3.63) is 36.0 Å². The minimum absolute atomic E-state index is 0.154. The minimum atomic E-state index is 0.154. The predicted molar refractivity (Wildman–Crippen MR) is 75.4 cm³/mol. The number of nitrogens with two attached hydrogens (primary N) is 1. The topological polar surface area (TPSA) is 43.0 Å². The molecule has 1 aliphatic rings. The second-order valence-corrected chi connectivity index (χ2v) is 5.41. The lowest BCUT2D eigenvalue weighted by Gasteiger charge is -2.15. The van der Waals surface area contributed by atoms with Crippen LogP contribution in [0.3, 0.4) is 0 Å². The standard InChI is InChI=1S/C15H21N3/c1-18-10-13(12-4-2-3-5-15(12)18)14(16)8-11-6-7-17-9-11/h2-5,10-11,14,17H,6-9,16H2,1H3. The second kappa shape index (κ2) is 4.75. The van der Waals surface area contributed by atoms with Crippen molar-refractivity contribution in [2.75, 3.05) is 13.1 Å². The molecule has 2 unspecified atom stereocenters. The van der Waals surface area contributed by atoms with E-state index in [1.54, 1.807) is 0 Å². The van der Waals surface area contributed by atoms with E-state index in [9.17, 15) is 0 Å². The van der Waals surface area contributed by atoms with E-state index >= 15 is 0 Å². The SMILES string of the molecule is Cn1cc(C(N)CC2CCNC2)c2ccccc21. The summed E-state index contributed by atoms with van der Waals surface area (Å²) in [7, 11) is 2.09. The Morgan fingerprint density at radius 2 is 2.28 bits per heavy atom. The van der Waals surface area contributed by atoms with Crippen LogP contribution in [0.5, 0.6) is 0 Å². The van der Waals surface area contributed by atoms with Gasteiger partial charge in [0.25, 0.3) is 0 Å². The van der Waals surface area contributed by atoms with Crippen LogP contribution in [0.1, 0.15) is 24.4 Å². The highest BCUT2D eigenvalue weighted by molar-refractivity contribution is 5.84. The molecule has 1 aliphatic heterocycles. The van der Waals surface area contributed by atoms with Gasteiger partial charge in [0.05, 0.1) is 0 Å². The number of benzene rings is 1. The molecule has 2 atom stereocenters. The van der Waals surface area contributed by atoms with Gasteiger partial charge >= 0.3 is 0 Å². The van der Waals surface area contributed by atoms with E-state index in [4.69, 9.17) is 5.73 Å². The van der Waals surface area contributed by atoms with Gasteiger partial charge in [-0.05, 0) is 43.5 Å². The first-order valence-corrected chi connectivity index (χ1v) is 6.76. The molecule has 0 bridgehead atoms. The largest absolute Gasteiger partial charge is 0.350 e. The molecule has 1 aromatic carbocycles. The monoisotopic (exact) mass is 243 g/mol. The predicted octanol–water partition coefficient (Wildman–Crippen LogP) is 2.18. The van der Waals surface area contributed by atoms with Crippen molar-refractivity contribution >= 4 is 10.9 Å². The molecule has 0 radical (unpaired) electrons. The van der Waals surface area contributed by atoms with Crippen molar-refractivity contribution in [3.8, 4) is 0 Å². The number of hydrogen-bond acceptors (Lipinski definition) is 2. The first kappa shape index (κ1) is 11.8. The lowest BCUT2D eigenvalue weighted by atomic mass is 9.94. The third-order valence-corrected chi connectivity index (χ3v) is 4.08. The number of rotatable bonds is 3. The fraction of sp³-hybridized carbons (Fsp3) is 0.467. The molecule has 2 aromatic rings. The molecule has 1 fully saturated rings. The van der Waals surface area contributed by atoms with Crippen LogP contribution in [-0.2, 0) is 7.05 Å². The summed E-state index contributed by atoms with van der Waals surface area (Å²) in [4.78, 5) is 0. The molecule has 3 nitrogen and oxygen atoms in total. The Morgan fingerprint density at radius 1 is 1.44 bits per heavy atom. The summed E-state index contributed by atoms with van der Waals surface area (Å²) in [6, 6.07) is 8.66. The van der Waals surface area contributed by atoms with Gasteiger partial charge in [-0.2, -0.15) is 0 Å². The summed E-state index contributed by atoms with van der Waals surface area (Å²) in [6.07, 6.45) is 4.54. The lowest BCUT2D eigenvalue weighted by molar-refractivity contribution is 0.474. The molecule has 3 heteroatoms. The van der Waals surface area contributed by atoms with Crippen molar-refractivity contribution in [1.82, 2.24) is 9.88 Å². The number of aromatic nitrogens is 1. The Hall–Kier alpha value is -1.32. The normalized spacial score (nSPS) is 21.6. The van der Waals surface area contributed by atoms with Crippen LogP contribution in [0.4, 0.5) is 0 Å². The molecule has 0 aliphatic carbocycles. The molecule has 1 saturated heterocycles. The number of nitrogens with one attached hydrogen (secondary N) is 1. The van der Waals surface area contributed by atoms with Crippen molar-refractivity contribution in [1.29, 1.82) is 0 Å². The maximum atomic E-state index is 6.41. The number of aryl methyl sites for hydroxylation is 1. The average molecular weight is 243 g/mol. The van der Waals surface area contributed by atoms with Gasteiger partial charge in [-0.3, -0.25) is 0 Å². The number of nitrogens with zero attached hydrogens (tertiary/aromatic N) is 1. The summed E-state index contributed by atoms with van der Waals surface area (Å²) in [5, 5.41) is 4.71. The number of hydrogen-bond donors (Lipinski definition) is 2. The highest BCUT2D eigenvalue weighted by atomic mass is 14.9. The van der Waals surface area contributed by atoms with Gasteiger partial charge < -0.3 is 15.6 Å². The Labute approximate surface area is 108 Å². The van der Waals surface area contributed by atoms with Crippen molar-refractivity contribution < 1.29 is 0 Å². The minimum Gasteiger partial charge on any atom is -0.350 e. The Morgan fingerprint density at radius 3 is 3.06 bits per heavy atom. The van der Waals surface area contributed by atoms with Crippen LogP contribution >= 0.6 is 0 Å². The Bertz CT molecular complexity index is 538. The van der Waals surface area contributed by atoms with Crippen LogP contribution in [0.25, 0.3) is 10.9 Å². The average Bonchev–Trinajstić information content (AvgIpc) is 2.98. The van der Waals surface area contributed by atoms with Crippen molar-refractivity contribution in [3.63, 3.8) is 0 Å². The molecular weight excluding hydrogens is 222 g/mol. The number of para-hydroxylation sites is 1. The molecule has 0 amide bonds. The van der Waals surface area contributed by atoms with Crippen LogP contribution in [0, 0.1) is 5.92 Å². The lowest BCUT2D eigenvalue weighted by Crippen LogP contribution is -2.17. The smallest absolute Gasteiger partial charge is 0.0481 e. The first-order valence-electron chi connectivity index (χ1n) is 6.76. The van der Waals surface area contributed by atoms with Gasteiger partial charge in [0.15, 0.2) is 0 Å². The summed E-state index contributed by atoms with van der Waals surface area (Å²) in [6.45, 7) is 2.27. The van der Waals surface area contributed by atoms with Crippen molar-refractivity contribution in [2.24, 2.45) is 18.7 Å². The quantitative estimate of drug-likeness (QED) is 0.867. The molecule has 0 saturated carbocycles. The third kappa shape index (κ3) is 2.04. The summed E-state index contributed by atoms with van der Waals surface area (Å²) < 4.78 is 2.18. The van der Waals surface area contributed by atoms with Gasteiger partial charge in [-0.15, -0.1) is 0 Å². The van der Waals surface area contributed by atoms with E-state index in [2.05, 4.69) is 47.4 Å². The van der Waals surface area contributed by atoms with Gasteiger partial charge in [-0.1, -0.05) is 18.2 Å². The van der Waals surface area contributed by atoms with Crippen LogP contribution < -0.4 is 11.1 Å². The molecular formula is C15H21N3. The summed E-state index contributed by atoms with van der Waals surface area (Å²) in [5.74, 6) is 0.735. The van der Waals surface area contributed by atoms with E-state index in [-0.39, 0.29) is 6.04 Å². The zero-order valence-corrected chi connectivity index (χ0v) is 10.9. The molecule has 0 spiro atoms.